The Balaban J connectivity index is 1.63. The van der Waals surface area contributed by atoms with Gasteiger partial charge in [0, 0.05) is 12.5 Å². The Bertz CT molecular complexity index is 789. The highest BCUT2D eigenvalue weighted by atomic mass is 16.5. The van der Waals surface area contributed by atoms with E-state index >= 15 is 0 Å². The number of rotatable bonds is 10. The van der Waals surface area contributed by atoms with Crippen LogP contribution in [0, 0.1) is 17.3 Å². The van der Waals surface area contributed by atoms with Crippen molar-refractivity contribution >= 4 is 0 Å². The van der Waals surface area contributed by atoms with Gasteiger partial charge in [-0.15, -0.1) is 6.58 Å². The van der Waals surface area contributed by atoms with Crippen LogP contribution in [0.5, 0.6) is 5.75 Å². The molecule has 0 aliphatic heterocycles. The number of aliphatic hydroxyl groups is 1. The van der Waals surface area contributed by atoms with Gasteiger partial charge in [-0.3, -0.25) is 0 Å². The topological polar surface area (TPSA) is 38.7 Å². The van der Waals surface area contributed by atoms with E-state index < -0.39 is 5.60 Å². The zero-order valence-electron chi connectivity index (χ0n) is 20.6. The number of hydrogen-bond donors (Lipinski definition) is 1. The van der Waals surface area contributed by atoms with Crippen molar-refractivity contribution in [2.24, 2.45) is 17.3 Å². The van der Waals surface area contributed by atoms with E-state index in [9.17, 15) is 5.11 Å². The lowest BCUT2D eigenvalue weighted by Crippen LogP contribution is -2.57. The van der Waals surface area contributed by atoms with Gasteiger partial charge in [-0.2, -0.15) is 0 Å². The van der Waals surface area contributed by atoms with Gasteiger partial charge in [0.15, 0.2) is 0 Å². The summed E-state index contributed by atoms with van der Waals surface area (Å²) in [5.41, 5.74) is 2.02. The molecule has 0 radical (unpaired) electrons. The summed E-state index contributed by atoms with van der Waals surface area (Å²) in [6.45, 7) is 12.5. The minimum absolute atomic E-state index is 0.0490. The Morgan fingerprint density at radius 3 is 2.66 bits per heavy atom. The summed E-state index contributed by atoms with van der Waals surface area (Å²) in [6, 6.07) is 6.63. The third kappa shape index (κ3) is 4.28. The molecule has 0 aromatic heterocycles. The van der Waals surface area contributed by atoms with E-state index in [1.54, 1.807) is 0 Å². The van der Waals surface area contributed by atoms with Gasteiger partial charge >= 0.3 is 0 Å². The molecule has 0 amide bonds. The fourth-order valence-corrected chi connectivity index (χ4v) is 7.41. The fourth-order valence-electron chi connectivity index (χ4n) is 7.41. The van der Waals surface area contributed by atoms with Gasteiger partial charge in [-0.25, -0.2) is 0 Å². The highest BCUT2D eigenvalue weighted by Gasteiger charge is 2.62. The summed E-state index contributed by atoms with van der Waals surface area (Å²) >= 11 is 0. The molecule has 3 heteroatoms. The molecule has 0 heterocycles. The lowest BCUT2D eigenvalue weighted by Gasteiger charge is -2.58. The highest BCUT2D eigenvalue weighted by molar-refractivity contribution is 5.43. The molecular formula is C29H44O3. The molecule has 0 spiro atoms. The molecule has 1 N–H and O–H groups in total. The smallest absolute Gasteiger partial charge is 0.119 e. The van der Waals surface area contributed by atoms with Crippen LogP contribution in [0.4, 0.5) is 0 Å². The van der Waals surface area contributed by atoms with Crippen molar-refractivity contribution in [2.75, 3.05) is 13.2 Å². The molecule has 3 aliphatic carbocycles. The molecule has 1 aromatic carbocycles. The Hall–Kier alpha value is -1.32. The second-order valence-electron chi connectivity index (χ2n) is 10.9. The van der Waals surface area contributed by atoms with Gasteiger partial charge < -0.3 is 14.6 Å². The van der Waals surface area contributed by atoms with Crippen molar-refractivity contribution in [3.05, 3.63) is 42.0 Å². The molecule has 3 nitrogen and oxygen atoms in total. The van der Waals surface area contributed by atoms with Gasteiger partial charge in [-0.1, -0.05) is 45.8 Å². The summed E-state index contributed by atoms with van der Waals surface area (Å²) in [7, 11) is 0. The van der Waals surface area contributed by atoms with Crippen molar-refractivity contribution in [3.63, 3.8) is 0 Å². The summed E-state index contributed by atoms with van der Waals surface area (Å²) in [5, 5.41) is 12.2. The van der Waals surface area contributed by atoms with Crippen molar-refractivity contribution in [3.8, 4) is 5.75 Å². The average molecular weight is 441 g/mol. The lowest BCUT2D eigenvalue weighted by molar-refractivity contribution is -0.148. The van der Waals surface area contributed by atoms with Crippen molar-refractivity contribution < 1.29 is 14.6 Å². The van der Waals surface area contributed by atoms with Crippen LogP contribution in [-0.2, 0) is 11.2 Å². The van der Waals surface area contributed by atoms with Crippen molar-refractivity contribution in [2.45, 2.75) is 103 Å². The van der Waals surface area contributed by atoms with E-state index in [0.717, 1.165) is 63.9 Å². The van der Waals surface area contributed by atoms with E-state index in [1.807, 2.05) is 6.08 Å². The van der Waals surface area contributed by atoms with E-state index in [4.69, 9.17) is 9.47 Å². The minimum Gasteiger partial charge on any atom is -0.494 e. The number of benzene rings is 1. The van der Waals surface area contributed by atoms with E-state index in [-0.39, 0.29) is 17.4 Å². The summed E-state index contributed by atoms with van der Waals surface area (Å²) in [4.78, 5) is 0. The molecule has 0 bridgehead atoms. The number of unbranched alkanes of at least 4 members (excludes halogenated alkanes) is 2. The minimum atomic E-state index is -0.756. The summed E-state index contributed by atoms with van der Waals surface area (Å²) in [6.07, 6.45) is 12.8. The van der Waals surface area contributed by atoms with Gasteiger partial charge in [-0.05, 0) is 91.9 Å². The molecule has 3 unspecified atom stereocenters. The SMILES string of the molecule is C=CC[C@]1(O)C[C@@]2(C)C(CC[C@@H]2OCCCC)C2CCc3cc(OCCCC)ccc3C21. The third-order valence-corrected chi connectivity index (χ3v) is 8.81. The van der Waals surface area contributed by atoms with Crippen LogP contribution in [0.15, 0.2) is 30.9 Å². The Kier molecular flexibility index (Phi) is 7.36. The van der Waals surface area contributed by atoms with E-state index in [1.165, 1.54) is 24.0 Å². The predicted octanol–water partition coefficient (Wildman–Crippen LogP) is 6.82. The molecular weight excluding hydrogens is 396 g/mol. The number of fused-ring (bicyclic) bond motifs is 5. The molecule has 3 aliphatic rings. The van der Waals surface area contributed by atoms with Crippen LogP contribution in [-0.4, -0.2) is 30.0 Å². The summed E-state index contributed by atoms with van der Waals surface area (Å²) < 4.78 is 12.4. The van der Waals surface area contributed by atoms with Crippen LogP contribution in [0.1, 0.15) is 95.6 Å². The first-order valence-electron chi connectivity index (χ1n) is 13.2. The van der Waals surface area contributed by atoms with E-state index in [0.29, 0.717) is 18.3 Å². The van der Waals surface area contributed by atoms with E-state index in [2.05, 4.69) is 45.5 Å². The maximum atomic E-state index is 12.2. The molecule has 178 valence electrons. The lowest BCUT2D eigenvalue weighted by atomic mass is 9.49. The first kappa shape index (κ1) is 23.8. The second-order valence-corrected chi connectivity index (χ2v) is 10.9. The first-order valence-corrected chi connectivity index (χ1v) is 13.2. The quantitative estimate of drug-likeness (QED) is 0.320. The van der Waals surface area contributed by atoms with Crippen LogP contribution in [0.25, 0.3) is 0 Å². The van der Waals surface area contributed by atoms with Gasteiger partial charge in [0.1, 0.15) is 5.75 Å². The molecule has 0 saturated heterocycles. The molecule has 4 rings (SSSR count). The zero-order chi connectivity index (χ0) is 22.8. The van der Waals surface area contributed by atoms with Gasteiger partial charge in [0.2, 0.25) is 0 Å². The van der Waals surface area contributed by atoms with Gasteiger partial charge in [0.25, 0.3) is 0 Å². The largest absolute Gasteiger partial charge is 0.494 e. The fraction of sp³-hybridized carbons (Fsp3) is 0.724. The standard InChI is InChI=1S/C29H44O3/c1-5-8-17-31-22-11-13-23-21(19-22)10-12-24-25-14-15-26(32-18-9-6-2)28(25,4)20-29(30,16-7-3)27(23)24/h7,11,13,19,24-27,30H,3,5-6,8-10,12,14-18,20H2,1-2,4H3/t24?,25?,26-,27?,28-,29-/m0/s1. The number of aryl methyl sites for hydroxylation is 1. The van der Waals surface area contributed by atoms with Crippen LogP contribution in [0.2, 0.25) is 0 Å². The van der Waals surface area contributed by atoms with Crippen LogP contribution < -0.4 is 4.74 Å². The molecule has 2 fully saturated rings. The molecule has 1 aromatic rings. The molecule has 2 saturated carbocycles. The monoisotopic (exact) mass is 440 g/mol. The van der Waals surface area contributed by atoms with Crippen LogP contribution in [0.3, 0.4) is 0 Å². The first-order chi connectivity index (χ1) is 15.5. The van der Waals surface area contributed by atoms with Crippen molar-refractivity contribution in [1.82, 2.24) is 0 Å². The second kappa shape index (κ2) is 9.89. The van der Waals surface area contributed by atoms with Crippen molar-refractivity contribution in [1.29, 1.82) is 0 Å². The molecule has 32 heavy (non-hydrogen) atoms. The Morgan fingerprint density at radius 2 is 1.91 bits per heavy atom. The third-order valence-electron chi connectivity index (χ3n) is 8.81. The highest BCUT2D eigenvalue weighted by Crippen LogP contribution is 2.65. The normalized spacial score (nSPS) is 35.6. The zero-order valence-corrected chi connectivity index (χ0v) is 20.6. The van der Waals surface area contributed by atoms with Gasteiger partial charge in [0.05, 0.1) is 18.3 Å². The molecule has 6 atom stereocenters. The number of ether oxygens (including phenoxy) is 2. The predicted molar refractivity (Wildman–Crippen MR) is 131 cm³/mol. The van der Waals surface area contributed by atoms with Crippen LogP contribution >= 0.6 is 0 Å². The maximum absolute atomic E-state index is 12.2. The maximum Gasteiger partial charge on any atom is 0.119 e. The summed E-state index contributed by atoms with van der Waals surface area (Å²) in [5.74, 6) is 2.30. The average Bonchev–Trinajstić information content (AvgIpc) is 3.09. The number of hydrogen-bond acceptors (Lipinski definition) is 3. The Labute approximate surface area is 195 Å². The Morgan fingerprint density at radius 1 is 1.12 bits per heavy atom.